The quantitative estimate of drug-likeness (QED) is 0.315. The van der Waals surface area contributed by atoms with Crippen molar-refractivity contribution in [2.45, 2.75) is 0 Å². The van der Waals surface area contributed by atoms with Crippen LogP contribution in [0.3, 0.4) is 0 Å². The standard InChI is InChI=1S/C30H19FN8O/c31-23-9-7-19(8-10-23)28-29(38-13-2-1-6-26(38)36-28)24-11-12-27-34-25(17-39(27)37-24)35-30(40)21-5-3-4-20(14-21)22-15-32-18-33-16-22/h1-18H,(H,35,40). The SMILES string of the molecule is O=C(Nc1cn2nc(-c3c(-c4ccc(F)cc4)nc4ccccn34)ccc2n1)c1cccc(-c2cncnc2)c1. The average Bonchev–Trinajstić information content (AvgIpc) is 3.58. The lowest BCUT2D eigenvalue weighted by molar-refractivity contribution is 0.102. The summed E-state index contributed by atoms with van der Waals surface area (Å²) in [6.45, 7) is 0. The van der Waals surface area contributed by atoms with E-state index in [2.05, 4.69) is 20.3 Å². The molecule has 0 spiro atoms. The van der Waals surface area contributed by atoms with Crippen molar-refractivity contribution in [2.75, 3.05) is 5.32 Å². The minimum atomic E-state index is -0.317. The molecule has 0 saturated heterocycles. The monoisotopic (exact) mass is 526 g/mol. The van der Waals surface area contributed by atoms with Crippen LogP contribution in [0.4, 0.5) is 10.2 Å². The molecule has 0 bridgehead atoms. The second-order valence-electron chi connectivity index (χ2n) is 9.05. The highest BCUT2D eigenvalue weighted by molar-refractivity contribution is 6.04. The summed E-state index contributed by atoms with van der Waals surface area (Å²) in [6, 6.07) is 22.8. The summed E-state index contributed by atoms with van der Waals surface area (Å²) in [6.07, 6.45) is 8.42. The maximum Gasteiger partial charge on any atom is 0.256 e. The number of nitrogens with one attached hydrogen (secondary N) is 1. The minimum Gasteiger partial charge on any atom is -0.305 e. The van der Waals surface area contributed by atoms with Gasteiger partial charge < -0.3 is 5.32 Å². The second kappa shape index (κ2) is 9.52. The summed E-state index contributed by atoms with van der Waals surface area (Å²) in [5, 5.41) is 7.64. The number of hydrogen-bond donors (Lipinski definition) is 1. The van der Waals surface area contributed by atoms with Gasteiger partial charge in [-0.3, -0.25) is 9.20 Å². The van der Waals surface area contributed by atoms with Gasteiger partial charge in [-0.1, -0.05) is 18.2 Å². The van der Waals surface area contributed by atoms with Crippen LogP contribution in [0.1, 0.15) is 10.4 Å². The Morgan fingerprint density at radius 3 is 2.50 bits per heavy atom. The van der Waals surface area contributed by atoms with E-state index in [0.29, 0.717) is 28.4 Å². The highest BCUT2D eigenvalue weighted by atomic mass is 19.1. The first-order valence-corrected chi connectivity index (χ1v) is 12.4. The molecule has 2 aromatic carbocycles. The molecule has 7 aromatic rings. The third-order valence-electron chi connectivity index (χ3n) is 6.47. The molecule has 192 valence electrons. The third-order valence-corrected chi connectivity index (χ3v) is 6.47. The van der Waals surface area contributed by atoms with Crippen LogP contribution in [0.5, 0.6) is 0 Å². The van der Waals surface area contributed by atoms with Crippen LogP contribution in [-0.2, 0) is 0 Å². The van der Waals surface area contributed by atoms with Gasteiger partial charge in [0.2, 0.25) is 0 Å². The largest absolute Gasteiger partial charge is 0.305 e. The predicted octanol–water partition coefficient (Wildman–Crippen LogP) is 5.56. The third kappa shape index (κ3) is 4.23. The van der Waals surface area contributed by atoms with Gasteiger partial charge in [0.25, 0.3) is 5.91 Å². The molecule has 0 aliphatic carbocycles. The van der Waals surface area contributed by atoms with Gasteiger partial charge in [0.1, 0.15) is 29.2 Å². The van der Waals surface area contributed by atoms with Crippen LogP contribution in [0.25, 0.3) is 45.1 Å². The lowest BCUT2D eigenvalue weighted by Crippen LogP contribution is -2.12. The molecule has 10 heteroatoms. The van der Waals surface area contributed by atoms with Crippen LogP contribution >= 0.6 is 0 Å². The molecule has 9 nitrogen and oxygen atoms in total. The fourth-order valence-corrected chi connectivity index (χ4v) is 4.59. The van der Waals surface area contributed by atoms with Crippen LogP contribution in [0, 0.1) is 5.82 Å². The Labute approximate surface area is 226 Å². The molecule has 0 fully saturated rings. The number of imidazole rings is 2. The van der Waals surface area contributed by atoms with Gasteiger partial charge in [0.15, 0.2) is 11.5 Å². The number of hydrogen-bond acceptors (Lipinski definition) is 6. The van der Waals surface area contributed by atoms with Crippen LogP contribution in [0.15, 0.2) is 110 Å². The van der Waals surface area contributed by atoms with Gasteiger partial charge in [0, 0.05) is 35.3 Å². The van der Waals surface area contributed by atoms with Gasteiger partial charge in [0.05, 0.1) is 11.9 Å². The van der Waals surface area contributed by atoms with E-state index in [1.807, 2.05) is 53.1 Å². The lowest BCUT2D eigenvalue weighted by atomic mass is 10.1. The topological polar surface area (TPSA) is 102 Å². The molecule has 0 radical (unpaired) electrons. The summed E-state index contributed by atoms with van der Waals surface area (Å²) < 4.78 is 17.2. The van der Waals surface area contributed by atoms with Crippen molar-refractivity contribution in [3.8, 4) is 33.8 Å². The molecule has 0 atom stereocenters. The number of nitrogens with zero attached hydrogens (tertiary/aromatic N) is 7. The molecular formula is C30H19FN8O. The Bertz CT molecular complexity index is 2020. The Hall–Kier alpha value is -5.77. The number of aromatic nitrogens is 7. The Morgan fingerprint density at radius 2 is 1.65 bits per heavy atom. The van der Waals surface area contributed by atoms with E-state index in [1.165, 1.54) is 18.5 Å². The molecule has 7 rings (SSSR count). The normalized spacial score (nSPS) is 11.2. The van der Waals surface area contributed by atoms with Crippen molar-refractivity contribution in [1.29, 1.82) is 0 Å². The van der Waals surface area contributed by atoms with Gasteiger partial charge in [-0.05, 0) is 66.2 Å². The molecule has 0 aliphatic heterocycles. The second-order valence-corrected chi connectivity index (χ2v) is 9.05. The fourth-order valence-electron chi connectivity index (χ4n) is 4.59. The Morgan fingerprint density at radius 1 is 0.800 bits per heavy atom. The van der Waals surface area contributed by atoms with Crippen LogP contribution in [-0.4, -0.2) is 39.9 Å². The number of carbonyl (C=O) groups excluding carboxylic acids is 1. The number of fused-ring (bicyclic) bond motifs is 2. The van der Waals surface area contributed by atoms with Gasteiger partial charge in [-0.15, -0.1) is 0 Å². The molecule has 5 heterocycles. The molecule has 0 saturated carbocycles. The zero-order valence-electron chi connectivity index (χ0n) is 20.8. The maximum atomic E-state index is 13.6. The molecule has 1 N–H and O–H groups in total. The summed E-state index contributed by atoms with van der Waals surface area (Å²) in [5.41, 5.74) is 6.26. The molecular weight excluding hydrogens is 507 g/mol. The first kappa shape index (κ1) is 23.4. The van der Waals surface area contributed by atoms with E-state index in [-0.39, 0.29) is 11.7 Å². The van der Waals surface area contributed by atoms with Gasteiger partial charge in [-0.2, -0.15) is 5.10 Å². The number of anilines is 1. The van der Waals surface area contributed by atoms with Crippen molar-refractivity contribution in [3.63, 3.8) is 0 Å². The van der Waals surface area contributed by atoms with E-state index in [0.717, 1.165) is 28.0 Å². The highest BCUT2D eigenvalue weighted by Gasteiger charge is 2.18. The van der Waals surface area contributed by atoms with E-state index in [1.54, 1.807) is 47.4 Å². The molecule has 1 amide bonds. The molecule has 40 heavy (non-hydrogen) atoms. The smallest absolute Gasteiger partial charge is 0.256 e. The summed E-state index contributed by atoms with van der Waals surface area (Å²) >= 11 is 0. The van der Waals surface area contributed by atoms with Gasteiger partial charge in [-0.25, -0.2) is 28.8 Å². The highest BCUT2D eigenvalue weighted by Crippen LogP contribution is 2.32. The zero-order valence-corrected chi connectivity index (χ0v) is 20.8. The maximum absolute atomic E-state index is 13.6. The van der Waals surface area contributed by atoms with Crippen molar-refractivity contribution < 1.29 is 9.18 Å². The number of benzene rings is 2. The summed E-state index contributed by atoms with van der Waals surface area (Å²) in [5.74, 6) is -0.259. The van der Waals surface area contributed by atoms with E-state index >= 15 is 0 Å². The number of amides is 1. The lowest BCUT2D eigenvalue weighted by Gasteiger charge is -2.05. The van der Waals surface area contributed by atoms with E-state index in [4.69, 9.17) is 10.1 Å². The van der Waals surface area contributed by atoms with E-state index in [9.17, 15) is 9.18 Å². The molecule has 0 aliphatic rings. The zero-order chi connectivity index (χ0) is 27.1. The number of carbonyl (C=O) groups is 1. The van der Waals surface area contributed by atoms with E-state index < -0.39 is 0 Å². The van der Waals surface area contributed by atoms with Crippen LogP contribution in [0.2, 0.25) is 0 Å². The van der Waals surface area contributed by atoms with Crippen molar-refractivity contribution in [1.82, 2.24) is 34.0 Å². The molecule has 0 unspecified atom stereocenters. The van der Waals surface area contributed by atoms with Crippen molar-refractivity contribution >= 4 is 23.0 Å². The van der Waals surface area contributed by atoms with Gasteiger partial charge >= 0.3 is 0 Å². The first-order valence-electron chi connectivity index (χ1n) is 12.4. The number of rotatable bonds is 5. The van der Waals surface area contributed by atoms with Crippen molar-refractivity contribution in [2.24, 2.45) is 0 Å². The van der Waals surface area contributed by atoms with Crippen LogP contribution < -0.4 is 5.32 Å². The number of halogens is 1. The first-order chi connectivity index (χ1) is 19.6. The Kier molecular flexibility index (Phi) is 5.56. The predicted molar refractivity (Wildman–Crippen MR) is 148 cm³/mol. The average molecular weight is 527 g/mol. The summed E-state index contributed by atoms with van der Waals surface area (Å²) in [7, 11) is 0. The number of pyridine rings is 1. The Balaban J connectivity index is 1.23. The molecule has 5 aromatic heterocycles. The minimum absolute atomic E-state index is 0.303. The fraction of sp³-hybridized carbons (Fsp3) is 0. The van der Waals surface area contributed by atoms with Crippen molar-refractivity contribution in [3.05, 3.63) is 121 Å². The summed E-state index contributed by atoms with van der Waals surface area (Å²) in [4.78, 5) is 30.4.